The summed E-state index contributed by atoms with van der Waals surface area (Å²) in [6.45, 7) is 2.84. The van der Waals surface area contributed by atoms with Crippen LogP contribution < -0.4 is 0 Å². The average molecular weight is 449 g/mol. The van der Waals surface area contributed by atoms with Crippen LogP contribution in [0, 0.1) is 0 Å². The van der Waals surface area contributed by atoms with Crippen molar-refractivity contribution in [1.29, 1.82) is 0 Å². The van der Waals surface area contributed by atoms with Crippen molar-refractivity contribution in [1.82, 2.24) is 9.80 Å². The number of carboxylic acids is 1. The molecular formula is C20H24ClF3N2O4. The van der Waals surface area contributed by atoms with Crippen LogP contribution in [-0.2, 0) is 11.3 Å². The molecule has 1 spiro atoms. The third kappa shape index (κ3) is 4.83. The second-order valence-corrected chi connectivity index (χ2v) is 8.33. The van der Waals surface area contributed by atoms with Crippen LogP contribution in [0.1, 0.15) is 48.5 Å². The topological polar surface area (TPSA) is 70.1 Å². The predicted octanol–water partition coefficient (Wildman–Crippen LogP) is 4.56. The first-order chi connectivity index (χ1) is 14.0. The molecule has 2 aliphatic heterocycles. The number of piperidine rings is 1. The van der Waals surface area contributed by atoms with Crippen molar-refractivity contribution in [3.05, 3.63) is 34.3 Å². The molecule has 6 nitrogen and oxygen atoms in total. The second kappa shape index (κ2) is 8.63. The van der Waals surface area contributed by atoms with E-state index in [0.717, 1.165) is 31.9 Å². The molecule has 1 aromatic carbocycles. The van der Waals surface area contributed by atoms with Crippen molar-refractivity contribution < 1.29 is 32.6 Å². The van der Waals surface area contributed by atoms with Crippen molar-refractivity contribution in [3.63, 3.8) is 0 Å². The molecule has 10 heteroatoms. The zero-order valence-electron chi connectivity index (χ0n) is 16.5. The fraction of sp³-hybridized carbons (Fsp3) is 0.600. The summed E-state index contributed by atoms with van der Waals surface area (Å²) in [5.41, 5.74) is 0.729. The molecular weight excluding hydrogens is 425 g/mol. The second-order valence-electron chi connectivity index (χ2n) is 7.92. The highest BCUT2D eigenvalue weighted by Gasteiger charge is 2.45. The van der Waals surface area contributed by atoms with Crippen LogP contribution in [0.15, 0.2) is 18.2 Å². The van der Waals surface area contributed by atoms with Gasteiger partial charge in [-0.2, -0.15) is 13.2 Å². The van der Waals surface area contributed by atoms with Crippen molar-refractivity contribution in [2.24, 2.45) is 0 Å². The van der Waals surface area contributed by atoms with Crippen LogP contribution in [0.3, 0.4) is 0 Å². The van der Waals surface area contributed by atoms with Crippen molar-refractivity contribution in [2.45, 2.75) is 57.0 Å². The summed E-state index contributed by atoms with van der Waals surface area (Å²) in [5, 5.41) is 9.45. The Morgan fingerprint density at radius 2 is 1.90 bits per heavy atom. The highest BCUT2D eigenvalue weighted by molar-refractivity contribution is 6.33. The molecule has 1 N–H and O–H groups in total. The summed E-state index contributed by atoms with van der Waals surface area (Å²) in [5.74, 6) is -1.09. The van der Waals surface area contributed by atoms with Crippen LogP contribution in [0.4, 0.5) is 18.0 Å². The zero-order chi connectivity index (χ0) is 22.1. The Kier molecular flexibility index (Phi) is 6.52. The fourth-order valence-corrected chi connectivity index (χ4v) is 4.46. The number of carbonyl (C=O) groups excluding carboxylic acids is 1. The van der Waals surface area contributed by atoms with E-state index < -0.39 is 24.3 Å². The lowest BCUT2D eigenvalue weighted by Gasteiger charge is -2.45. The molecule has 0 radical (unpaired) electrons. The lowest BCUT2D eigenvalue weighted by Crippen LogP contribution is -2.53. The molecule has 166 valence electrons. The first-order valence-electron chi connectivity index (χ1n) is 9.81. The summed E-state index contributed by atoms with van der Waals surface area (Å²) in [6, 6.07) is 4.94. The van der Waals surface area contributed by atoms with E-state index in [0.29, 0.717) is 32.5 Å². The van der Waals surface area contributed by atoms with E-state index in [-0.39, 0.29) is 16.1 Å². The van der Waals surface area contributed by atoms with E-state index in [1.54, 1.807) is 18.2 Å². The molecule has 1 amide bonds. The number of nitrogens with zero attached hydrogens (tertiary/aromatic N) is 2. The molecule has 2 aliphatic rings. The van der Waals surface area contributed by atoms with Gasteiger partial charge in [-0.1, -0.05) is 17.7 Å². The molecule has 0 aliphatic carbocycles. The lowest BCUT2D eigenvalue weighted by molar-refractivity contribution is -0.200. The number of carbonyl (C=O) groups is 2. The van der Waals surface area contributed by atoms with E-state index in [4.69, 9.17) is 11.6 Å². The van der Waals surface area contributed by atoms with Gasteiger partial charge in [0.25, 0.3) is 0 Å². The number of hydrogen-bond acceptors (Lipinski definition) is 4. The summed E-state index contributed by atoms with van der Waals surface area (Å²) in [4.78, 5) is 27.0. The van der Waals surface area contributed by atoms with E-state index in [1.807, 2.05) is 0 Å². The minimum absolute atomic E-state index is 0.0544. The van der Waals surface area contributed by atoms with Crippen LogP contribution in [0.5, 0.6) is 0 Å². The smallest absolute Gasteiger partial charge is 0.425 e. The van der Waals surface area contributed by atoms with Gasteiger partial charge in [-0.15, -0.1) is 0 Å². The highest BCUT2D eigenvalue weighted by Crippen LogP contribution is 2.40. The number of rotatable bonds is 4. The highest BCUT2D eigenvalue weighted by atomic mass is 35.5. The number of hydrogen-bond donors (Lipinski definition) is 1. The van der Waals surface area contributed by atoms with Crippen LogP contribution in [0.25, 0.3) is 0 Å². The maximum Gasteiger partial charge on any atom is 0.425 e. The molecule has 2 fully saturated rings. The molecule has 2 saturated heterocycles. The molecule has 3 rings (SSSR count). The van der Waals surface area contributed by atoms with Gasteiger partial charge in [0.05, 0.1) is 10.6 Å². The predicted molar refractivity (Wildman–Crippen MR) is 104 cm³/mol. The normalized spacial score (nSPS) is 20.4. The number of carboxylic acid groups (broad SMARTS) is 1. The first kappa shape index (κ1) is 22.7. The van der Waals surface area contributed by atoms with Gasteiger partial charge in [-0.3, -0.25) is 4.90 Å². The van der Waals surface area contributed by atoms with Gasteiger partial charge in [-0.25, -0.2) is 9.59 Å². The number of alkyl halides is 3. The maximum absolute atomic E-state index is 12.6. The van der Waals surface area contributed by atoms with Gasteiger partial charge < -0.3 is 14.7 Å². The van der Waals surface area contributed by atoms with E-state index in [9.17, 15) is 27.9 Å². The largest absolute Gasteiger partial charge is 0.478 e. The molecule has 0 bridgehead atoms. The number of likely N-dealkylation sites (tertiary alicyclic amines) is 2. The van der Waals surface area contributed by atoms with Crippen molar-refractivity contribution in [3.8, 4) is 0 Å². The quantitative estimate of drug-likeness (QED) is 0.731. The number of benzene rings is 1. The molecule has 1 unspecified atom stereocenters. The number of ether oxygens (including phenoxy) is 1. The van der Waals surface area contributed by atoms with E-state index >= 15 is 0 Å². The van der Waals surface area contributed by atoms with Crippen molar-refractivity contribution in [2.75, 3.05) is 19.6 Å². The Morgan fingerprint density at radius 3 is 2.50 bits per heavy atom. The summed E-state index contributed by atoms with van der Waals surface area (Å²) in [6.07, 6.45) is -4.52. The number of halogens is 4. The van der Waals surface area contributed by atoms with Crippen LogP contribution >= 0.6 is 11.6 Å². The average Bonchev–Trinajstić information content (AvgIpc) is 3.04. The van der Waals surface area contributed by atoms with Gasteiger partial charge in [-0.05, 0) is 56.8 Å². The minimum atomic E-state index is -4.58. The molecule has 30 heavy (non-hydrogen) atoms. The SMILES string of the molecule is CC(OC(=O)N1CCC2(CCCN2Cc2ccc(Cl)c(C(=O)O)c2)CC1)C(F)(F)F. The summed E-state index contributed by atoms with van der Waals surface area (Å²) in [7, 11) is 0. The Labute approximate surface area is 177 Å². The Balaban J connectivity index is 1.63. The van der Waals surface area contributed by atoms with Crippen molar-refractivity contribution >= 4 is 23.7 Å². The zero-order valence-corrected chi connectivity index (χ0v) is 17.3. The monoisotopic (exact) mass is 448 g/mol. The number of aromatic carboxylic acids is 1. The Bertz CT molecular complexity index is 810. The molecule has 2 heterocycles. The van der Waals surface area contributed by atoms with Gasteiger partial charge in [0.2, 0.25) is 0 Å². The molecule has 1 aromatic rings. The molecule has 1 atom stereocenters. The van der Waals surface area contributed by atoms with Gasteiger partial charge in [0, 0.05) is 25.2 Å². The standard InChI is InChI=1S/C20H24ClF3N2O4/c1-13(20(22,23)24)30-18(29)25-9-6-19(7-10-25)5-2-8-26(19)12-14-3-4-16(21)15(11-14)17(27)28/h3-4,11,13H,2,5-10,12H2,1H3,(H,27,28). The van der Waals surface area contributed by atoms with Crippen LogP contribution in [0.2, 0.25) is 5.02 Å². The third-order valence-electron chi connectivity index (χ3n) is 6.07. The Morgan fingerprint density at radius 1 is 1.23 bits per heavy atom. The van der Waals surface area contributed by atoms with E-state index in [2.05, 4.69) is 9.64 Å². The lowest BCUT2D eigenvalue weighted by atomic mass is 9.85. The first-order valence-corrected chi connectivity index (χ1v) is 10.2. The van der Waals surface area contributed by atoms with Crippen LogP contribution in [-0.4, -0.2) is 64.4 Å². The van der Waals surface area contributed by atoms with E-state index in [1.165, 1.54) is 4.90 Å². The molecule has 0 aromatic heterocycles. The maximum atomic E-state index is 12.6. The van der Waals surface area contributed by atoms with Gasteiger partial charge in [0.1, 0.15) is 0 Å². The third-order valence-corrected chi connectivity index (χ3v) is 6.40. The summed E-state index contributed by atoms with van der Waals surface area (Å²) >= 11 is 5.95. The minimum Gasteiger partial charge on any atom is -0.478 e. The summed E-state index contributed by atoms with van der Waals surface area (Å²) < 4.78 is 42.4. The number of amides is 1. The van der Waals surface area contributed by atoms with Gasteiger partial charge >= 0.3 is 18.2 Å². The molecule has 0 saturated carbocycles. The Hall–Kier alpha value is -2.00. The van der Waals surface area contributed by atoms with Gasteiger partial charge in [0.15, 0.2) is 6.10 Å². The fourth-order valence-electron chi connectivity index (χ4n) is 4.26.